The van der Waals surface area contributed by atoms with E-state index in [0.717, 1.165) is 0 Å². The Morgan fingerprint density at radius 1 is 1.44 bits per heavy atom. The predicted molar refractivity (Wildman–Crippen MR) is 54.4 cm³/mol. The molecular formula is C10H10N2O4. The molecule has 6 nitrogen and oxygen atoms in total. The van der Waals surface area contributed by atoms with Gasteiger partial charge < -0.3 is 21.1 Å². The Balaban J connectivity index is 3.29. The summed E-state index contributed by atoms with van der Waals surface area (Å²) in [6.45, 7) is 0. The zero-order valence-corrected chi connectivity index (χ0v) is 8.16. The monoisotopic (exact) mass is 222 g/mol. The van der Waals surface area contributed by atoms with Gasteiger partial charge in [-0.1, -0.05) is 12.1 Å². The summed E-state index contributed by atoms with van der Waals surface area (Å²) in [5.74, 6) is -1.32. The lowest BCUT2D eigenvalue weighted by atomic mass is 9.98. The number of aliphatic hydroxyl groups is 2. The van der Waals surface area contributed by atoms with Gasteiger partial charge in [0.15, 0.2) is 6.10 Å². The zero-order chi connectivity index (χ0) is 12.3. The third-order valence-electron chi connectivity index (χ3n) is 2.09. The van der Waals surface area contributed by atoms with Crippen LogP contribution < -0.4 is 5.73 Å². The Labute approximate surface area is 91.2 Å². The van der Waals surface area contributed by atoms with E-state index in [2.05, 4.69) is 0 Å². The zero-order valence-electron chi connectivity index (χ0n) is 8.16. The minimum absolute atomic E-state index is 0.0332. The van der Waals surface area contributed by atoms with Crippen molar-refractivity contribution in [3.8, 4) is 6.07 Å². The molecule has 0 aliphatic rings. The van der Waals surface area contributed by atoms with Crippen molar-refractivity contribution in [3.63, 3.8) is 0 Å². The van der Waals surface area contributed by atoms with Crippen LogP contribution in [0.4, 0.5) is 5.69 Å². The molecule has 2 unspecified atom stereocenters. The summed E-state index contributed by atoms with van der Waals surface area (Å²) in [5.41, 5.74) is 5.03. The number of nitrogens with two attached hydrogens (primary N) is 1. The van der Waals surface area contributed by atoms with Gasteiger partial charge in [0.1, 0.15) is 6.10 Å². The SMILES string of the molecule is N#CC(O)C(O)c1cccc(N)c1C(=O)O. The molecule has 1 aromatic rings. The average Bonchev–Trinajstić information content (AvgIpc) is 2.26. The fraction of sp³-hybridized carbons (Fsp3) is 0.200. The second-order valence-corrected chi connectivity index (χ2v) is 3.14. The summed E-state index contributed by atoms with van der Waals surface area (Å²) in [4.78, 5) is 10.9. The molecule has 1 aromatic carbocycles. The van der Waals surface area contributed by atoms with Crippen molar-refractivity contribution in [1.29, 1.82) is 5.26 Å². The van der Waals surface area contributed by atoms with Gasteiger partial charge in [-0.25, -0.2) is 4.79 Å². The van der Waals surface area contributed by atoms with E-state index in [9.17, 15) is 9.90 Å². The lowest BCUT2D eigenvalue weighted by Crippen LogP contribution is -2.19. The normalized spacial score (nSPS) is 13.8. The molecule has 0 aliphatic heterocycles. The first-order valence-corrected chi connectivity index (χ1v) is 4.36. The summed E-state index contributed by atoms with van der Waals surface area (Å²) in [7, 11) is 0. The first kappa shape index (κ1) is 12.0. The highest BCUT2D eigenvalue weighted by Crippen LogP contribution is 2.25. The highest BCUT2D eigenvalue weighted by molar-refractivity contribution is 5.95. The average molecular weight is 222 g/mol. The topological polar surface area (TPSA) is 128 Å². The van der Waals surface area contributed by atoms with E-state index < -0.39 is 18.2 Å². The van der Waals surface area contributed by atoms with Gasteiger partial charge in [-0.2, -0.15) is 5.26 Å². The van der Waals surface area contributed by atoms with Crippen molar-refractivity contribution in [2.75, 3.05) is 5.73 Å². The summed E-state index contributed by atoms with van der Waals surface area (Å²) >= 11 is 0. The van der Waals surface area contributed by atoms with Crippen LogP contribution in [0.3, 0.4) is 0 Å². The van der Waals surface area contributed by atoms with E-state index in [4.69, 9.17) is 21.2 Å². The van der Waals surface area contributed by atoms with Gasteiger partial charge in [-0.3, -0.25) is 0 Å². The van der Waals surface area contributed by atoms with Gasteiger partial charge in [0.05, 0.1) is 11.6 Å². The van der Waals surface area contributed by atoms with Crippen molar-refractivity contribution in [2.24, 2.45) is 0 Å². The standard InChI is InChI=1S/C10H10N2O4/c11-4-7(13)9(14)5-2-1-3-6(12)8(5)10(15)16/h1-3,7,9,13-14H,12H2,(H,15,16). The Morgan fingerprint density at radius 2 is 2.06 bits per heavy atom. The van der Waals surface area contributed by atoms with Crippen LogP contribution in [0.2, 0.25) is 0 Å². The first-order chi connectivity index (χ1) is 7.49. The fourth-order valence-electron chi connectivity index (χ4n) is 1.32. The Kier molecular flexibility index (Phi) is 3.45. The van der Waals surface area contributed by atoms with E-state index >= 15 is 0 Å². The number of hydrogen-bond acceptors (Lipinski definition) is 5. The van der Waals surface area contributed by atoms with E-state index in [1.165, 1.54) is 24.3 Å². The maximum atomic E-state index is 10.9. The molecule has 6 heteroatoms. The lowest BCUT2D eigenvalue weighted by Gasteiger charge is -2.15. The van der Waals surface area contributed by atoms with E-state index in [-0.39, 0.29) is 16.8 Å². The van der Waals surface area contributed by atoms with Crippen molar-refractivity contribution in [1.82, 2.24) is 0 Å². The maximum absolute atomic E-state index is 10.9. The number of benzene rings is 1. The Hall–Kier alpha value is -2.10. The summed E-state index contributed by atoms with van der Waals surface area (Å²) in [5, 5.41) is 36.0. The van der Waals surface area contributed by atoms with Crippen molar-refractivity contribution < 1.29 is 20.1 Å². The van der Waals surface area contributed by atoms with Crippen LogP contribution in [0.5, 0.6) is 0 Å². The van der Waals surface area contributed by atoms with Gasteiger partial charge in [-0.05, 0) is 6.07 Å². The number of aliphatic hydroxyl groups excluding tert-OH is 2. The molecule has 1 rings (SSSR count). The summed E-state index contributed by atoms with van der Waals surface area (Å²) < 4.78 is 0. The van der Waals surface area contributed by atoms with Crippen LogP contribution in [0.25, 0.3) is 0 Å². The van der Waals surface area contributed by atoms with Crippen LogP contribution in [-0.2, 0) is 0 Å². The third kappa shape index (κ3) is 2.11. The highest BCUT2D eigenvalue weighted by Gasteiger charge is 2.24. The molecule has 16 heavy (non-hydrogen) atoms. The van der Waals surface area contributed by atoms with Gasteiger partial charge in [0, 0.05) is 11.3 Å². The Morgan fingerprint density at radius 3 is 2.56 bits per heavy atom. The number of nitrogen functional groups attached to an aromatic ring is 1. The second kappa shape index (κ2) is 4.61. The van der Waals surface area contributed by atoms with Crippen molar-refractivity contribution in [3.05, 3.63) is 29.3 Å². The van der Waals surface area contributed by atoms with Crippen molar-refractivity contribution >= 4 is 11.7 Å². The van der Waals surface area contributed by atoms with Gasteiger partial charge in [0.25, 0.3) is 0 Å². The number of anilines is 1. The molecular weight excluding hydrogens is 212 g/mol. The fourth-order valence-corrected chi connectivity index (χ4v) is 1.32. The number of nitriles is 1. The molecule has 0 spiro atoms. The summed E-state index contributed by atoms with van der Waals surface area (Å²) in [6, 6.07) is 5.51. The quantitative estimate of drug-likeness (QED) is 0.417. The van der Waals surface area contributed by atoms with Gasteiger partial charge >= 0.3 is 5.97 Å². The highest BCUT2D eigenvalue weighted by atomic mass is 16.4. The van der Waals surface area contributed by atoms with E-state index in [1.807, 2.05) is 0 Å². The van der Waals surface area contributed by atoms with Crippen LogP contribution in [0.15, 0.2) is 18.2 Å². The number of rotatable bonds is 3. The summed E-state index contributed by atoms with van der Waals surface area (Å²) in [6.07, 6.45) is -3.29. The first-order valence-electron chi connectivity index (χ1n) is 4.36. The van der Waals surface area contributed by atoms with Crippen LogP contribution in [0, 0.1) is 11.3 Å². The molecule has 0 aromatic heterocycles. The molecule has 0 radical (unpaired) electrons. The van der Waals surface area contributed by atoms with Crippen LogP contribution in [-0.4, -0.2) is 27.4 Å². The number of carbonyl (C=O) groups is 1. The van der Waals surface area contributed by atoms with Crippen LogP contribution in [0.1, 0.15) is 22.0 Å². The smallest absolute Gasteiger partial charge is 0.338 e. The number of aromatic carboxylic acids is 1. The van der Waals surface area contributed by atoms with E-state index in [1.54, 1.807) is 0 Å². The Bertz CT molecular complexity index is 453. The van der Waals surface area contributed by atoms with E-state index in [0.29, 0.717) is 0 Å². The second-order valence-electron chi connectivity index (χ2n) is 3.14. The molecule has 0 fully saturated rings. The molecule has 0 bridgehead atoms. The number of nitrogens with zero attached hydrogens (tertiary/aromatic N) is 1. The minimum atomic E-state index is -1.69. The maximum Gasteiger partial charge on any atom is 0.338 e. The molecule has 0 heterocycles. The number of carboxylic acids is 1. The van der Waals surface area contributed by atoms with Gasteiger partial charge in [-0.15, -0.1) is 0 Å². The number of carboxylic acid groups (broad SMARTS) is 1. The molecule has 2 atom stereocenters. The predicted octanol–water partition coefficient (Wildman–Crippen LogP) is -0.115. The largest absolute Gasteiger partial charge is 0.478 e. The van der Waals surface area contributed by atoms with Crippen LogP contribution >= 0.6 is 0 Å². The van der Waals surface area contributed by atoms with Gasteiger partial charge in [0.2, 0.25) is 0 Å². The lowest BCUT2D eigenvalue weighted by molar-refractivity contribution is 0.0499. The molecule has 0 saturated heterocycles. The molecule has 84 valence electrons. The molecule has 0 aliphatic carbocycles. The molecule has 0 amide bonds. The number of hydrogen-bond donors (Lipinski definition) is 4. The minimum Gasteiger partial charge on any atom is -0.478 e. The molecule has 0 saturated carbocycles. The van der Waals surface area contributed by atoms with Crippen molar-refractivity contribution in [2.45, 2.75) is 12.2 Å². The third-order valence-corrected chi connectivity index (χ3v) is 2.09. The molecule has 5 N–H and O–H groups in total.